The van der Waals surface area contributed by atoms with Crippen LogP contribution in [0.5, 0.6) is 0 Å². The third-order valence-electron chi connectivity index (χ3n) is 5.68. The molecule has 4 nitrogen and oxygen atoms in total. The van der Waals surface area contributed by atoms with Gasteiger partial charge in [-0.05, 0) is 67.4 Å². The number of hydrogen-bond donors (Lipinski definition) is 1. The van der Waals surface area contributed by atoms with E-state index < -0.39 is 34.8 Å². The van der Waals surface area contributed by atoms with Crippen LogP contribution in [-0.2, 0) is 21.2 Å². The monoisotopic (exact) mass is 418 g/mol. The minimum atomic E-state index is -4.57. The van der Waals surface area contributed by atoms with Crippen molar-refractivity contribution in [2.75, 3.05) is 18.0 Å². The predicted octanol–water partition coefficient (Wildman–Crippen LogP) is 4.05. The molecule has 0 radical (unpaired) electrons. The molecule has 2 aliphatic heterocycles. The van der Waals surface area contributed by atoms with Gasteiger partial charge in [-0.2, -0.15) is 13.2 Å². The van der Waals surface area contributed by atoms with Crippen molar-refractivity contribution in [1.29, 1.82) is 0 Å². The summed E-state index contributed by atoms with van der Waals surface area (Å²) >= 11 is 0. The number of anilines is 1. The van der Waals surface area contributed by atoms with Crippen LogP contribution < -0.4 is 10.2 Å². The molecule has 30 heavy (non-hydrogen) atoms. The van der Waals surface area contributed by atoms with Gasteiger partial charge in [-0.1, -0.05) is 18.2 Å². The number of alkyl halides is 3. The Morgan fingerprint density at radius 2 is 1.80 bits per heavy atom. The normalized spacial score (nSPS) is 18.3. The quantitative estimate of drug-likeness (QED) is 0.591. The molecule has 1 N–H and O–H groups in total. The van der Waals surface area contributed by atoms with Crippen LogP contribution in [-0.4, -0.2) is 24.9 Å². The smallest absolute Gasteiger partial charge is 0.317 e. The zero-order valence-corrected chi connectivity index (χ0v) is 15.8. The Morgan fingerprint density at radius 3 is 2.50 bits per heavy atom. The van der Waals surface area contributed by atoms with Gasteiger partial charge in [-0.25, -0.2) is 9.29 Å². The van der Waals surface area contributed by atoms with Crippen LogP contribution in [0.15, 0.2) is 48.5 Å². The first-order chi connectivity index (χ1) is 14.2. The van der Waals surface area contributed by atoms with E-state index in [1.54, 1.807) is 0 Å². The summed E-state index contributed by atoms with van der Waals surface area (Å²) in [5.41, 5.74) is -1.33. The summed E-state index contributed by atoms with van der Waals surface area (Å²) in [6.45, 7) is 1.08. The molecule has 1 fully saturated rings. The third-order valence-corrected chi connectivity index (χ3v) is 5.68. The van der Waals surface area contributed by atoms with E-state index in [0.717, 1.165) is 29.2 Å². The summed E-state index contributed by atoms with van der Waals surface area (Å²) in [5.74, 6) is -1.74. The number of piperidine rings is 1. The van der Waals surface area contributed by atoms with Gasteiger partial charge in [0.2, 0.25) is 5.91 Å². The second kappa shape index (κ2) is 7.36. The minimum Gasteiger partial charge on any atom is -0.317 e. The van der Waals surface area contributed by atoms with Gasteiger partial charge in [0, 0.05) is 6.08 Å². The van der Waals surface area contributed by atoms with Gasteiger partial charge in [0.1, 0.15) is 5.82 Å². The largest absolute Gasteiger partial charge is 0.416 e. The van der Waals surface area contributed by atoms with Crippen LogP contribution in [0, 0.1) is 5.82 Å². The lowest BCUT2D eigenvalue weighted by Gasteiger charge is -2.32. The van der Waals surface area contributed by atoms with Crippen LogP contribution in [0.25, 0.3) is 6.08 Å². The molecule has 0 atom stereocenters. The number of nitrogens with zero attached hydrogens (tertiary/aromatic N) is 1. The molecule has 0 saturated carbocycles. The molecule has 0 aliphatic carbocycles. The molecular weight excluding hydrogens is 400 g/mol. The molecule has 0 aromatic heterocycles. The Morgan fingerprint density at radius 1 is 1.10 bits per heavy atom. The minimum absolute atomic E-state index is 0.180. The zero-order chi connectivity index (χ0) is 21.5. The van der Waals surface area contributed by atoms with E-state index in [4.69, 9.17) is 0 Å². The van der Waals surface area contributed by atoms with E-state index in [0.29, 0.717) is 31.5 Å². The van der Waals surface area contributed by atoms with Gasteiger partial charge in [0.15, 0.2) is 0 Å². The zero-order valence-electron chi connectivity index (χ0n) is 15.8. The van der Waals surface area contributed by atoms with E-state index in [1.165, 1.54) is 30.3 Å². The van der Waals surface area contributed by atoms with Gasteiger partial charge in [-0.15, -0.1) is 0 Å². The molecule has 2 heterocycles. The lowest BCUT2D eigenvalue weighted by atomic mass is 9.74. The van der Waals surface area contributed by atoms with Crippen molar-refractivity contribution in [2.24, 2.45) is 0 Å². The molecule has 2 aromatic rings. The fraction of sp³-hybridized carbons (Fsp3) is 0.273. The molecule has 2 amide bonds. The number of carbonyl (C=O) groups is 2. The van der Waals surface area contributed by atoms with Gasteiger partial charge >= 0.3 is 6.18 Å². The first-order valence-electron chi connectivity index (χ1n) is 9.48. The van der Waals surface area contributed by atoms with Gasteiger partial charge < -0.3 is 5.32 Å². The van der Waals surface area contributed by atoms with Crippen LogP contribution in [0.4, 0.5) is 23.2 Å². The number of imide groups is 1. The highest BCUT2D eigenvalue weighted by molar-refractivity contribution is 6.26. The Labute approximate surface area is 170 Å². The van der Waals surface area contributed by atoms with Crippen LogP contribution in [0.2, 0.25) is 0 Å². The topological polar surface area (TPSA) is 49.4 Å². The molecule has 156 valence electrons. The Hall–Kier alpha value is -3.00. The Balaban J connectivity index is 1.71. The maximum atomic E-state index is 13.9. The Kier molecular flexibility index (Phi) is 4.97. The molecule has 2 aliphatic rings. The summed E-state index contributed by atoms with van der Waals surface area (Å²) in [6.07, 6.45) is -1.75. The second-order valence-corrected chi connectivity index (χ2v) is 7.39. The highest BCUT2D eigenvalue weighted by Gasteiger charge is 2.52. The van der Waals surface area contributed by atoms with Crippen molar-refractivity contribution in [2.45, 2.75) is 24.4 Å². The van der Waals surface area contributed by atoms with Crippen LogP contribution >= 0.6 is 0 Å². The number of benzene rings is 2. The SMILES string of the molecule is O=C(C=Cc1ccccc1C(F)(F)F)N1C(=O)C2(CCNCC2)c2cc(F)ccc21. The number of nitrogens with one attached hydrogen (secondary N) is 1. The standard InChI is InChI=1S/C22H18F4N2O2/c23-15-6-7-18-17(13-15)21(9-11-27-12-10-21)20(30)28(18)19(29)8-5-14-3-1-2-4-16(14)22(24,25)26/h1-8,13,27H,9-12H2. The van der Waals surface area contributed by atoms with E-state index >= 15 is 0 Å². The van der Waals surface area contributed by atoms with Crippen LogP contribution in [0.1, 0.15) is 29.5 Å². The number of fused-ring (bicyclic) bond motifs is 2. The van der Waals surface area contributed by atoms with Crippen molar-refractivity contribution in [1.82, 2.24) is 5.32 Å². The lowest BCUT2D eigenvalue weighted by molar-refractivity contribution is -0.137. The van der Waals surface area contributed by atoms with Gasteiger partial charge in [-0.3, -0.25) is 9.59 Å². The summed E-state index contributed by atoms with van der Waals surface area (Å²) in [7, 11) is 0. The van der Waals surface area contributed by atoms with Crippen molar-refractivity contribution >= 4 is 23.6 Å². The average Bonchev–Trinajstić information content (AvgIpc) is 2.94. The highest BCUT2D eigenvalue weighted by atomic mass is 19.4. The average molecular weight is 418 g/mol. The van der Waals surface area contributed by atoms with E-state index in [1.807, 2.05) is 0 Å². The van der Waals surface area contributed by atoms with E-state index in [-0.39, 0.29) is 11.3 Å². The maximum absolute atomic E-state index is 13.9. The number of amides is 2. The van der Waals surface area contributed by atoms with Crippen molar-refractivity contribution < 1.29 is 27.2 Å². The molecule has 8 heteroatoms. The molecule has 4 rings (SSSR count). The molecule has 0 bridgehead atoms. The summed E-state index contributed by atoms with van der Waals surface area (Å²) < 4.78 is 53.5. The number of carbonyl (C=O) groups excluding carboxylic acids is 2. The predicted molar refractivity (Wildman–Crippen MR) is 103 cm³/mol. The van der Waals surface area contributed by atoms with Gasteiger partial charge in [0.25, 0.3) is 5.91 Å². The number of hydrogen-bond acceptors (Lipinski definition) is 3. The van der Waals surface area contributed by atoms with E-state index in [9.17, 15) is 27.2 Å². The summed E-state index contributed by atoms with van der Waals surface area (Å²) in [4.78, 5) is 27.1. The van der Waals surface area contributed by atoms with Crippen LogP contribution in [0.3, 0.4) is 0 Å². The summed E-state index contributed by atoms with van der Waals surface area (Å²) in [5, 5.41) is 3.14. The molecule has 1 spiro atoms. The Bertz CT molecular complexity index is 1040. The fourth-order valence-electron chi connectivity index (χ4n) is 4.22. The number of halogens is 4. The second-order valence-electron chi connectivity index (χ2n) is 7.39. The first kappa shape index (κ1) is 20.3. The molecule has 0 unspecified atom stereocenters. The molecular formula is C22H18F4N2O2. The molecule has 1 saturated heterocycles. The van der Waals surface area contributed by atoms with Gasteiger partial charge in [0.05, 0.1) is 16.7 Å². The van der Waals surface area contributed by atoms with E-state index in [2.05, 4.69) is 5.32 Å². The maximum Gasteiger partial charge on any atom is 0.416 e. The first-order valence-corrected chi connectivity index (χ1v) is 9.48. The van der Waals surface area contributed by atoms with Crippen molar-refractivity contribution in [3.8, 4) is 0 Å². The fourth-order valence-corrected chi connectivity index (χ4v) is 4.22. The summed E-state index contributed by atoms with van der Waals surface area (Å²) in [6, 6.07) is 8.67. The lowest BCUT2D eigenvalue weighted by Crippen LogP contribution is -2.48. The molecule has 2 aromatic carbocycles. The van der Waals surface area contributed by atoms with Crippen molar-refractivity contribution in [3.63, 3.8) is 0 Å². The highest BCUT2D eigenvalue weighted by Crippen LogP contribution is 2.47. The third kappa shape index (κ3) is 3.31. The number of rotatable bonds is 2. The van der Waals surface area contributed by atoms with Crippen molar-refractivity contribution in [3.05, 3.63) is 71.0 Å².